The first-order chi connectivity index (χ1) is 11.0. The molecule has 0 bridgehead atoms. The number of carboxylic acids is 1. The minimum Gasteiger partial charge on any atom is -0.493 e. The Morgan fingerprint density at radius 2 is 2.09 bits per heavy atom. The number of benzene rings is 1. The van der Waals surface area contributed by atoms with E-state index in [0.717, 1.165) is 5.56 Å². The molecule has 1 aliphatic carbocycles. The van der Waals surface area contributed by atoms with E-state index in [1.54, 1.807) is 6.07 Å². The molecule has 0 spiro atoms. The molecule has 124 valence electrons. The molecule has 6 nitrogen and oxygen atoms in total. The van der Waals surface area contributed by atoms with E-state index >= 15 is 0 Å². The van der Waals surface area contributed by atoms with E-state index in [1.165, 1.54) is 7.11 Å². The molecule has 0 atom stereocenters. The number of aliphatic carboxylic acids is 1. The third-order valence-electron chi connectivity index (χ3n) is 3.84. The Hall–Kier alpha value is -2.50. The van der Waals surface area contributed by atoms with Gasteiger partial charge in [0.1, 0.15) is 0 Å². The maximum atomic E-state index is 11.8. The van der Waals surface area contributed by atoms with Crippen LogP contribution in [0.25, 0.3) is 6.08 Å². The lowest BCUT2D eigenvalue weighted by atomic mass is 10.1. The molecule has 1 aromatic carbocycles. The molecule has 0 aromatic heterocycles. The molecule has 0 saturated heterocycles. The highest BCUT2D eigenvalue weighted by Crippen LogP contribution is 2.45. The fraction of sp³-hybridized carbons (Fsp3) is 0.412. The molecule has 2 N–H and O–H groups in total. The predicted octanol–water partition coefficient (Wildman–Crippen LogP) is 2.09. The molecule has 0 radical (unpaired) electrons. The van der Waals surface area contributed by atoms with Crippen molar-refractivity contribution in [3.63, 3.8) is 0 Å². The van der Waals surface area contributed by atoms with Crippen molar-refractivity contribution in [2.24, 2.45) is 5.41 Å². The number of allylic oxidation sites excluding steroid dienone is 1. The summed E-state index contributed by atoms with van der Waals surface area (Å²) in [5.74, 6) is -0.204. The highest BCUT2D eigenvalue weighted by molar-refractivity contribution is 5.81. The number of hydrogen-bond acceptors (Lipinski definition) is 4. The first kappa shape index (κ1) is 16.9. The van der Waals surface area contributed by atoms with Crippen molar-refractivity contribution < 1.29 is 24.2 Å². The molecule has 0 heterocycles. The van der Waals surface area contributed by atoms with Crippen LogP contribution >= 0.6 is 0 Å². The molecule has 1 aromatic rings. The molecule has 0 unspecified atom stereocenters. The normalized spacial score (nSPS) is 15.2. The summed E-state index contributed by atoms with van der Waals surface area (Å²) in [4.78, 5) is 22.8. The lowest BCUT2D eigenvalue weighted by Crippen LogP contribution is -2.36. The summed E-state index contributed by atoms with van der Waals surface area (Å²) in [6, 6.07) is 5.41. The second-order valence-corrected chi connectivity index (χ2v) is 5.56. The summed E-state index contributed by atoms with van der Waals surface area (Å²) in [6.07, 6.45) is 5.05. The summed E-state index contributed by atoms with van der Waals surface area (Å²) in [6.45, 7) is 1.88. The number of hydrogen-bond donors (Lipinski definition) is 2. The van der Waals surface area contributed by atoms with Crippen molar-refractivity contribution in [3.05, 3.63) is 29.8 Å². The van der Waals surface area contributed by atoms with Gasteiger partial charge in [0.25, 0.3) is 5.91 Å². The molecule has 6 heteroatoms. The van der Waals surface area contributed by atoms with Gasteiger partial charge in [0, 0.05) is 6.54 Å². The molecule has 1 saturated carbocycles. The number of nitrogens with one attached hydrogen (secondary N) is 1. The van der Waals surface area contributed by atoms with Crippen LogP contribution in [0.3, 0.4) is 0 Å². The van der Waals surface area contributed by atoms with Gasteiger partial charge in [-0.15, -0.1) is 0 Å². The van der Waals surface area contributed by atoms with Crippen molar-refractivity contribution in [2.45, 2.75) is 19.8 Å². The average molecular weight is 319 g/mol. The Bertz CT molecular complexity index is 619. The molecule has 1 aliphatic rings. The maximum Gasteiger partial charge on any atom is 0.311 e. The summed E-state index contributed by atoms with van der Waals surface area (Å²) in [5.41, 5.74) is 0.194. The minimum atomic E-state index is -0.861. The number of amides is 1. The van der Waals surface area contributed by atoms with Crippen LogP contribution in [-0.4, -0.2) is 37.2 Å². The Morgan fingerprint density at radius 1 is 1.35 bits per heavy atom. The van der Waals surface area contributed by atoms with Crippen molar-refractivity contribution in [1.29, 1.82) is 0 Å². The molecular weight excluding hydrogens is 298 g/mol. The van der Waals surface area contributed by atoms with Crippen LogP contribution in [0.15, 0.2) is 24.3 Å². The van der Waals surface area contributed by atoms with Crippen LogP contribution < -0.4 is 14.8 Å². The second kappa shape index (κ2) is 7.17. The van der Waals surface area contributed by atoms with E-state index in [-0.39, 0.29) is 19.1 Å². The lowest BCUT2D eigenvalue weighted by molar-refractivity contribution is -0.143. The quantitative estimate of drug-likeness (QED) is 0.766. The van der Waals surface area contributed by atoms with E-state index < -0.39 is 11.4 Å². The molecule has 1 fully saturated rings. The van der Waals surface area contributed by atoms with Crippen molar-refractivity contribution in [2.75, 3.05) is 20.3 Å². The van der Waals surface area contributed by atoms with Crippen molar-refractivity contribution in [1.82, 2.24) is 5.32 Å². The average Bonchev–Trinajstić information content (AvgIpc) is 3.33. The van der Waals surface area contributed by atoms with Crippen molar-refractivity contribution in [3.8, 4) is 11.5 Å². The highest BCUT2D eigenvalue weighted by Gasteiger charge is 2.50. The smallest absolute Gasteiger partial charge is 0.311 e. The van der Waals surface area contributed by atoms with Crippen LogP contribution in [0.1, 0.15) is 25.3 Å². The Balaban J connectivity index is 1.87. The standard InChI is InChI=1S/C17H21NO5/c1-3-4-12-5-6-13(14(9-12)22-2)23-10-15(19)18-11-17(7-8-17)16(20)21/h3-6,9H,7-8,10-11H2,1-2H3,(H,18,19)(H,20,21)/b4-3+. The Morgan fingerprint density at radius 3 is 2.65 bits per heavy atom. The number of carboxylic acid groups (broad SMARTS) is 1. The summed E-state index contributed by atoms with van der Waals surface area (Å²) < 4.78 is 10.7. The number of carbonyl (C=O) groups is 2. The number of rotatable bonds is 8. The van der Waals surface area contributed by atoms with Crippen LogP contribution in [0.4, 0.5) is 0 Å². The zero-order valence-corrected chi connectivity index (χ0v) is 13.3. The second-order valence-electron chi connectivity index (χ2n) is 5.56. The summed E-state index contributed by atoms with van der Waals surface area (Å²) >= 11 is 0. The molecule has 0 aliphatic heterocycles. The number of ether oxygens (including phenoxy) is 2. The summed E-state index contributed by atoms with van der Waals surface area (Å²) in [5, 5.41) is 11.7. The largest absolute Gasteiger partial charge is 0.493 e. The van der Waals surface area contributed by atoms with Gasteiger partial charge in [-0.05, 0) is 37.5 Å². The van der Waals surface area contributed by atoms with Gasteiger partial charge in [-0.1, -0.05) is 18.2 Å². The predicted molar refractivity (Wildman–Crippen MR) is 85.5 cm³/mol. The number of methoxy groups -OCH3 is 1. The van der Waals surface area contributed by atoms with Gasteiger partial charge >= 0.3 is 5.97 Å². The molecular formula is C17H21NO5. The SMILES string of the molecule is C/C=C/c1ccc(OCC(=O)NCC2(C(=O)O)CC2)c(OC)c1. The van der Waals surface area contributed by atoms with E-state index in [9.17, 15) is 9.59 Å². The monoisotopic (exact) mass is 319 g/mol. The Kier molecular flexibility index (Phi) is 5.26. The summed E-state index contributed by atoms with van der Waals surface area (Å²) in [7, 11) is 1.53. The van der Waals surface area contributed by atoms with E-state index in [1.807, 2.05) is 31.2 Å². The topological polar surface area (TPSA) is 84.9 Å². The fourth-order valence-electron chi connectivity index (χ4n) is 2.18. The molecule has 1 amide bonds. The third-order valence-corrected chi connectivity index (χ3v) is 3.84. The number of carbonyl (C=O) groups excluding carboxylic acids is 1. The van der Waals surface area contributed by atoms with Gasteiger partial charge in [-0.3, -0.25) is 9.59 Å². The van der Waals surface area contributed by atoms with Gasteiger partial charge in [0.2, 0.25) is 0 Å². The van der Waals surface area contributed by atoms with Crippen LogP contribution in [0.5, 0.6) is 11.5 Å². The first-order valence-corrected chi connectivity index (χ1v) is 7.44. The maximum absolute atomic E-state index is 11.8. The van der Waals surface area contributed by atoms with Gasteiger partial charge in [0.15, 0.2) is 18.1 Å². The zero-order chi connectivity index (χ0) is 16.9. The third kappa shape index (κ3) is 4.25. The highest BCUT2D eigenvalue weighted by atomic mass is 16.5. The Labute approximate surface area is 135 Å². The van der Waals surface area contributed by atoms with E-state index in [4.69, 9.17) is 14.6 Å². The zero-order valence-electron chi connectivity index (χ0n) is 13.3. The minimum absolute atomic E-state index is 0.141. The molecule has 2 rings (SSSR count). The van der Waals surface area contributed by atoms with E-state index in [0.29, 0.717) is 24.3 Å². The van der Waals surface area contributed by atoms with Crippen LogP contribution in [-0.2, 0) is 9.59 Å². The van der Waals surface area contributed by atoms with Crippen LogP contribution in [0.2, 0.25) is 0 Å². The first-order valence-electron chi connectivity index (χ1n) is 7.44. The molecule has 23 heavy (non-hydrogen) atoms. The van der Waals surface area contributed by atoms with Crippen molar-refractivity contribution >= 4 is 18.0 Å². The van der Waals surface area contributed by atoms with Gasteiger partial charge in [0.05, 0.1) is 12.5 Å². The van der Waals surface area contributed by atoms with Gasteiger partial charge in [-0.2, -0.15) is 0 Å². The van der Waals surface area contributed by atoms with Gasteiger partial charge < -0.3 is 19.9 Å². The fourth-order valence-corrected chi connectivity index (χ4v) is 2.18. The van der Waals surface area contributed by atoms with Gasteiger partial charge in [-0.25, -0.2) is 0 Å². The van der Waals surface area contributed by atoms with E-state index in [2.05, 4.69) is 5.32 Å². The lowest BCUT2D eigenvalue weighted by Gasteiger charge is -2.13. The van der Waals surface area contributed by atoms with Crippen LogP contribution in [0, 0.1) is 5.41 Å².